The third kappa shape index (κ3) is 2.41. The molecule has 5 heteroatoms. The van der Waals surface area contributed by atoms with Gasteiger partial charge >= 0.3 is 5.97 Å². The number of benzene rings is 1. The maximum Gasteiger partial charge on any atom is 0.337 e. The fraction of sp³-hybridized carbons (Fsp3) is 0.467. The van der Waals surface area contributed by atoms with Crippen molar-refractivity contribution in [3.63, 3.8) is 0 Å². The molecule has 0 aliphatic carbocycles. The second-order valence-corrected chi connectivity index (χ2v) is 4.80. The number of imidazole rings is 1. The predicted octanol–water partition coefficient (Wildman–Crippen LogP) is 2.63. The summed E-state index contributed by atoms with van der Waals surface area (Å²) < 4.78 is 2.08. The van der Waals surface area contributed by atoms with Gasteiger partial charge in [0.1, 0.15) is 11.3 Å². The van der Waals surface area contributed by atoms with Crippen LogP contribution in [0, 0.1) is 0 Å². The van der Waals surface area contributed by atoms with Crippen molar-refractivity contribution >= 4 is 17.0 Å². The highest BCUT2D eigenvalue weighted by Crippen LogP contribution is 2.27. The minimum atomic E-state index is -0.960. The molecule has 2 aromatic rings. The van der Waals surface area contributed by atoms with Crippen molar-refractivity contribution in [1.29, 1.82) is 0 Å². The highest BCUT2D eigenvalue weighted by atomic mass is 16.4. The van der Waals surface area contributed by atoms with Crippen molar-refractivity contribution < 1.29 is 15.0 Å². The number of aliphatic hydroxyl groups is 1. The number of hydrogen-bond donors (Lipinski definition) is 2. The molecule has 1 aromatic heterocycles. The van der Waals surface area contributed by atoms with E-state index in [-0.39, 0.29) is 18.2 Å². The van der Waals surface area contributed by atoms with Crippen LogP contribution < -0.4 is 0 Å². The summed E-state index contributed by atoms with van der Waals surface area (Å²) in [4.78, 5) is 15.8. The van der Waals surface area contributed by atoms with Crippen LogP contribution in [0.15, 0.2) is 18.2 Å². The Hall–Kier alpha value is -1.88. The van der Waals surface area contributed by atoms with Crippen molar-refractivity contribution in [2.45, 2.75) is 39.2 Å². The van der Waals surface area contributed by atoms with E-state index in [2.05, 4.69) is 16.5 Å². The number of hydrogen-bond acceptors (Lipinski definition) is 3. The van der Waals surface area contributed by atoms with E-state index in [1.165, 1.54) is 0 Å². The van der Waals surface area contributed by atoms with Gasteiger partial charge in [0.2, 0.25) is 0 Å². The molecule has 0 bridgehead atoms. The van der Waals surface area contributed by atoms with E-state index in [0.717, 1.165) is 24.2 Å². The third-order valence-electron chi connectivity index (χ3n) is 3.64. The van der Waals surface area contributed by atoms with Gasteiger partial charge in [-0.15, -0.1) is 0 Å². The average molecular weight is 276 g/mol. The maximum absolute atomic E-state index is 11.3. The Labute approximate surface area is 117 Å². The van der Waals surface area contributed by atoms with Gasteiger partial charge in [-0.25, -0.2) is 9.78 Å². The topological polar surface area (TPSA) is 75.3 Å². The number of carbonyl (C=O) groups is 1. The summed E-state index contributed by atoms with van der Waals surface area (Å²) in [6, 6.07) is 5.36. The van der Waals surface area contributed by atoms with E-state index >= 15 is 0 Å². The lowest BCUT2D eigenvalue weighted by atomic mass is 10.1. The van der Waals surface area contributed by atoms with Gasteiger partial charge in [-0.2, -0.15) is 0 Å². The van der Waals surface area contributed by atoms with E-state index in [1.807, 2.05) is 13.0 Å². The highest BCUT2D eigenvalue weighted by Gasteiger charge is 2.20. The van der Waals surface area contributed by atoms with Crippen molar-refractivity contribution in [2.24, 2.45) is 0 Å². The Morgan fingerprint density at radius 1 is 1.40 bits per heavy atom. The van der Waals surface area contributed by atoms with Gasteiger partial charge in [-0.1, -0.05) is 19.9 Å². The number of aliphatic hydroxyl groups excluding tert-OH is 1. The molecule has 0 saturated carbocycles. The summed E-state index contributed by atoms with van der Waals surface area (Å²) in [5, 5.41) is 18.5. The molecule has 5 nitrogen and oxygen atoms in total. The molecule has 0 fully saturated rings. The van der Waals surface area contributed by atoms with Crippen molar-refractivity contribution in [3.8, 4) is 0 Å². The number of aromatic nitrogens is 2. The summed E-state index contributed by atoms with van der Waals surface area (Å²) in [6.07, 6.45) is 2.25. The van der Waals surface area contributed by atoms with Gasteiger partial charge in [0.15, 0.2) is 0 Å². The number of nitrogens with zero attached hydrogens (tertiary/aromatic N) is 2. The number of carboxylic acids is 1. The van der Waals surface area contributed by atoms with Crippen LogP contribution in [0.4, 0.5) is 0 Å². The lowest BCUT2D eigenvalue weighted by Crippen LogP contribution is -2.13. The lowest BCUT2D eigenvalue weighted by Gasteiger charge is -2.19. The highest BCUT2D eigenvalue weighted by molar-refractivity contribution is 6.01. The lowest BCUT2D eigenvalue weighted by molar-refractivity contribution is 0.0699. The second-order valence-electron chi connectivity index (χ2n) is 4.80. The quantitative estimate of drug-likeness (QED) is 0.850. The molecule has 1 unspecified atom stereocenters. The van der Waals surface area contributed by atoms with Crippen LogP contribution >= 0.6 is 0 Å². The van der Waals surface area contributed by atoms with Crippen molar-refractivity contribution in [2.75, 3.05) is 6.61 Å². The van der Waals surface area contributed by atoms with Crippen LogP contribution in [-0.4, -0.2) is 32.3 Å². The Bertz CT molecular complexity index is 619. The summed E-state index contributed by atoms with van der Waals surface area (Å²) in [7, 11) is 0. The Morgan fingerprint density at radius 3 is 2.70 bits per heavy atom. The SMILES string of the molecule is CCc1nc2c(C(=O)O)cccc2n1C(CC)CCO. The third-order valence-corrected chi connectivity index (χ3v) is 3.64. The monoisotopic (exact) mass is 276 g/mol. The Morgan fingerprint density at radius 2 is 2.15 bits per heavy atom. The molecular weight excluding hydrogens is 256 g/mol. The molecule has 108 valence electrons. The number of carboxylic acid groups (broad SMARTS) is 1. The van der Waals surface area contributed by atoms with Crippen LogP contribution in [0.5, 0.6) is 0 Å². The van der Waals surface area contributed by atoms with Gasteiger partial charge in [-0.3, -0.25) is 0 Å². The second kappa shape index (κ2) is 6.05. The summed E-state index contributed by atoms with van der Waals surface area (Å²) in [5.74, 6) is -0.0906. The molecule has 0 spiro atoms. The van der Waals surface area contributed by atoms with Crippen molar-refractivity contribution in [1.82, 2.24) is 9.55 Å². The molecule has 2 rings (SSSR count). The fourth-order valence-corrected chi connectivity index (χ4v) is 2.66. The first-order chi connectivity index (χ1) is 9.63. The van der Waals surface area contributed by atoms with Crippen LogP contribution in [0.1, 0.15) is 48.9 Å². The molecule has 1 atom stereocenters. The Kier molecular flexibility index (Phi) is 4.39. The normalized spacial score (nSPS) is 12.8. The molecule has 1 aromatic carbocycles. The minimum absolute atomic E-state index is 0.111. The molecule has 1 heterocycles. The number of aryl methyl sites for hydroxylation is 1. The predicted molar refractivity (Wildman–Crippen MR) is 77.1 cm³/mol. The first-order valence-electron chi connectivity index (χ1n) is 6.97. The maximum atomic E-state index is 11.3. The largest absolute Gasteiger partial charge is 0.478 e. The molecule has 0 radical (unpaired) electrons. The van der Waals surface area contributed by atoms with E-state index < -0.39 is 5.97 Å². The zero-order chi connectivity index (χ0) is 14.7. The van der Waals surface area contributed by atoms with Crippen LogP contribution in [0.3, 0.4) is 0 Å². The van der Waals surface area contributed by atoms with Crippen LogP contribution in [-0.2, 0) is 6.42 Å². The fourth-order valence-electron chi connectivity index (χ4n) is 2.66. The molecular formula is C15H20N2O3. The summed E-state index contributed by atoms with van der Waals surface area (Å²) in [5.41, 5.74) is 1.60. The molecule has 0 amide bonds. The van der Waals surface area contributed by atoms with Crippen LogP contribution in [0.2, 0.25) is 0 Å². The molecule has 0 aliphatic rings. The minimum Gasteiger partial charge on any atom is -0.478 e. The number of para-hydroxylation sites is 1. The summed E-state index contributed by atoms with van der Waals surface area (Å²) in [6.45, 7) is 4.18. The molecule has 20 heavy (non-hydrogen) atoms. The first-order valence-corrected chi connectivity index (χ1v) is 6.97. The van der Waals surface area contributed by atoms with Gasteiger partial charge < -0.3 is 14.8 Å². The number of aromatic carboxylic acids is 1. The van der Waals surface area contributed by atoms with Gasteiger partial charge in [-0.05, 0) is 25.0 Å². The van der Waals surface area contributed by atoms with E-state index in [9.17, 15) is 15.0 Å². The number of fused-ring (bicyclic) bond motifs is 1. The van der Waals surface area contributed by atoms with Gasteiger partial charge in [0, 0.05) is 19.1 Å². The number of rotatable bonds is 6. The Balaban J connectivity index is 2.69. The zero-order valence-electron chi connectivity index (χ0n) is 11.8. The van der Waals surface area contributed by atoms with E-state index in [0.29, 0.717) is 11.9 Å². The average Bonchev–Trinajstić information content (AvgIpc) is 2.82. The standard InChI is InChI=1S/C15H20N2O3/c1-3-10(8-9-18)17-12-7-5-6-11(15(19)20)14(12)16-13(17)4-2/h5-7,10,18H,3-4,8-9H2,1-2H3,(H,19,20). The zero-order valence-corrected chi connectivity index (χ0v) is 11.8. The molecule has 2 N–H and O–H groups in total. The van der Waals surface area contributed by atoms with Crippen molar-refractivity contribution in [3.05, 3.63) is 29.6 Å². The molecule has 0 aliphatic heterocycles. The van der Waals surface area contributed by atoms with Crippen LogP contribution in [0.25, 0.3) is 11.0 Å². The van der Waals surface area contributed by atoms with E-state index in [4.69, 9.17) is 0 Å². The van der Waals surface area contributed by atoms with Gasteiger partial charge in [0.05, 0.1) is 11.1 Å². The summed E-state index contributed by atoms with van der Waals surface area (Å²) >= 11 is 0. The molecule has 0 saturated heterocycles. The smallest absolute Gasteiger partial charge is 0.337 e. The van der Waals surface area contributed by atoms with E-state index in [1.54, 1.807) is 12.1 Å². The van der Waals surface area contributed by atoms with Gasteiger partial charge in [0.25, 0.3) is 0 Å². The first kappa shape index (κ1) is 14.5.